The van der Waals surface area contributed by atoms with E-state index in [2.05, 4.69) is 159 Å². The van der Waals surface area contributed by atoms with Gasteiger partial charge in [-0.1, -0.05) is 120 Å². The Kier molecular flexibility index (Phi) is 20.5. The maximum absolute atomic E-state index is 13.5. The first-order valence-electron chi connectivity index (χ1n) is 38.3. The third-order valence-electron chi connectivity index (χ3n) is 32.6. The largest absolute Gasteiger partial charge is 0.481 e. The number of aliphatic carboxylic acids is 2. The molecule has 19 heteroatoms. The molecule has 6 heterocycles. The molecule has 4 bridgehead atoms. The van der Waals surface area contributed by atoms with E-state index in [9.17, 15) is 19.8 Å². The monoisotopic (exact) mass is 1360 g/mol. The van der Waals surface area contributed by atoms with Gasteiger partial charge in [-0.15, -0.1) is 0 Å². The topological polar surface area (TPSA) is 236 Å². The van der Waals surface area contributed by atoms with Crippen LogP contribution >= 0.6 is 0 Å². The number of carboxylic acid groups (broad SMARTS) is 2. The number of aromatic nitrogens is 6. The summed E-state index contributed by atoms with van der Waals surface area (Å²) >= 11 is 0. The second-order valence-corrected chi connectivity index (χ2v) is 36.7. The van der Waals surface area contributed by atoms with Crippen LogP contribution in [0, 0.1) is 113 Å². The molecular weight excluding hydrogens is 1240 g/mol. The van der Waals surface area contributed by atoms with Crippen LogP contribution in [0.1, 0.15) is 206 Å². The summed E-state index contributed by atoms with van der Waals surface area (Å²) < 4.78 is 47.5. The van der Waals surface area contributed by atoms with Gasteiger partial charge in [0.25, 0.3) is 0 Å². The second-order valence-electron chi connectivity index (χ2n) is 36.7. The van der Waals surface area contributed by atoms with Crippen molar-refractivity contribution >= 4 is 11.9 Å². The summed E-state index contributed by atoms with van der Waals surface area (Å²) in [5.41, 5.74) is 1.04. The van der Waals surface area contributed by atoms with Gasteiger partial charge >= 0.3 is 11.9 Å². The molecule has 98 heavy (non-hydrogen) atoms. The van der Waals surface area contributed by atoms with E-state index < -0.39 is 17.9 Å². The number of hydrogen-bond donors (Lipinski definition) is 5. The zero-order valence-electron chi connectivity index (χ0n) is 63.2. The highest BCUT2D eigenvalue weighted by atomic mass is 16.5. The summed E-state index contributed by atoms with van der Waals surface area (Å²) in [4.78, 5) is 34.8. The maximum atomic E-state index is 13.5. The minimum atomic E-state index is -0.608. The molecule has 6 saturated carbocycles. The number of carbonyl (C=O) groups is 2. The molecule has 8 aliphatic carbocycles. The fourth-order valence-electron chi connectivity index (χ4n) is 25.7. The van der Waals surface area contributed by atoms with Gasteiger partial charge in [-0.2, -0.15) is 10.2 Å². The van der Waals surface area contributed by atoms with Crippen molar-refractivity contribution in [2.24, 2.45) is 113 Å². The molecule has 4 saturated heterocycles. The van der Waals surface area contributed by atoms with Gasteiger partial charge < -0.3 is 54.0 Å². The molecule has 2 aromatic heterocycles. The highest BCUT2D eigenvalue weighted by molar-refractivity contribution is 5.74. The van der Waals surface area contributed by atoms with Crippen molar-refractivity contribution in [2.75, 3.05) is 87.3 Å². The molecule has 4 aliphatic heterocycles. The molecule has 0 spiro atoms. The first-order chi connectivity index (χ1) is 46.4. The van der Waals surface area contributed by atoms with Gasteiger partial charge in [-0.3, -0.25) is 14.7 Å². The lowest BCUT2D eigenvalue weighted by Gasteiger charge is -2.71. The van der Waals surface area contributed by atoms with Crippen LogP contribution in [0.15, 0.2) is 48.6 Å². The smallest absolute Gasteiger partial charge is 0.307 e. The fourth-order valence-corrected chi connectivity index (χ4v) is 25.7. The number of nitrogens with zero attached hydrogens (tertiary/aromatic N) is 5. The zero-order valence-corrected chi connectivity index (χ0v) is 63.2. The van der Waals surface area contributed by atoms with Crippen molar-refractivity contribution in [3.63, 3.8) is 0 Å². The average Bonchev–Trinajstić information content (AvgIpc) is 0.723. The maximum Gasteiger partial charge on any atom is 0.307 e. The van der Waals surface area contributed by atoms with Crippen molar-refractivity contribution in [1.82, 2.24) is 40.6 Å². The van der Waals surface area contributed by atoms with E-state index in [-0.39, 0.29) is 95.5 Å². The lowest BCUT2D eigenvalue weighted by Crippen LogP contribution is -2.70. The van der Waals surface area contributed by atoms with Crippen LogP contribution in [0.25, 0.3) is 0 Å². The number of H-pyrrole nitrogens is 1. The third kappa shape index (κ3) is 11.4. The number of carboxylic acids is 2. The number of methoxy groups -OCH3 is 1. The van der Waals surface area contributed by atoms with Crippen molar-refractivity contribution in [2.45, 2.75) is 235 Å². The molecule has 12 aliphatic rings. The SMILES string of the molecule is CNC1(CO[C@H]2[C@H](OC)C[C@@]34COC[C@]2(C)[C@@H]3CC[C@H]2C4=CC[C@@]3(C)[C@H](C(=O)O)[C@@](C)([C@H](C)C(C)C)CC[C@]23C)CCOCC1.CNC1(CO[C@H]2[C@H](n3cncn3)C[C@@]34COC[C@]2(C)[C@@H]3CC[C@H]2C4=CC[C@@]3(C)[C@H](C(=O)O)[C@@](C)([C@H](C)C(C)C)CC[C@]23C)CCOCC1.c1nc[nH]n1. The third-order valence-corrected chi connectivity index (χ3v) is 32.6. The lowest BCUT2D eigenvalue weighted by atomic mass is 9.34. The Morgan fingerprint density at radius 3 is 1.44 bits per heavy atom. The van der Waals surface area contributed by atoms with Crippen LogP contribution in [0.5, 0.6) is 0 Å². The molecule has 0 radical (unpaired) electrons. The number of likely N-dealkylation sites (N-methyl/N-ethyl adjacent to an activating group) is 2. The van der Waals surface area contributed by atoms with Gasteiger partial charge in [-0.25, -0.2) is 14.6 Å². The number of allylic oxidation sites excluding steroid dienone is 2. The van der Waals surface area contributed by atoms with Crippen LogP contribution < -0.4 is 10.6 Å². The standard InChI is InChI=1S/C39H62N4O5.C38H63NO6.C2H3N3/c1-25(2)26(3)34(4)13-14-36(6)27-9-10-30-35(5)20-47-22-39(30,28(27)11-12-37(36,7)31(34)33(44)45)19-29(43-24-41-23-42-43)32(35)48-21-38(40-8)15-17-46-18-16-38;1-24(2)25(3)33(4)14-15-35(6)26-10-11-29-34(5)21-44-23-38(29,27(26)12-13-36(35,7)30(33)32(40)41)20-28(42-9)31(34)45-22-37(39-8)16-18-43-19-17-37;1-3-2-5-4-1/h11,23-27,29-32,40H,9-10,12-22H2,1-8H3,(H,44,45);12,24-26,28-31,39H,10-11,13-23H2,1-9H3,(H,40,41);1-2H,(H,3,4,5)/t26-,27+,29-,30+,31-,32+,34-,35-,36-,37+,39+;25-,26+,28-,29+,30-,31+,33-,34-,35-,36+,38+;/m11./s1. The number of hydrogen-bond acceptors (Lipinski definition) is 15. The Labute approximate surface area is 587 Å². The zero-order chi connectivity index (χ0) is 70.5. The fraction of sp³-hybridized carbons (Fsp3) is 0.873. The van der Waals surface area contributed by atoms with E-state index in [1.807, 2.05) is 13.4 Å². The number of aromatic amines is 1. The van der Waals surface area contributed by atoms with E-state index >= 15 is 0 Å². The highest BCUT2D eigenvalue weighted by Gasteiger charge is 2.75. The molecular formula is C79H128N8O11. The Balaban J connectivity index is 0.000000174. The van der Waals surface area contributed by atoms with Crippen LogP contribution in [0.3, 0.4) is 0 Å². The Bertz CT molecular complexity index is 3150. The van der Waals surface area contributed by atoms with Crippen molar-refractivity contribution in [3.05, 3.63) is 48.6 Å². The normalized spacial score (nSPS) is 44.9. The first-order valence-corrected chi connectivity index (χ1v) is 38.3. The van der Waals surface area contributed by atoms with E-state index in [4.69, 9.17) is 38.3 Å². The van der Waals surface area contributed by atoms with E-state index in [0.29, 0.717) is 80.4 Å². The molecule has 10 fully saturated rings. The van der Waals surface area contributed by atoms with Crippen LogP contribution in [0.4, 0.5) is 0 Å². The summed E-state index contributed by atoms with van der Waals surface area (Å²) in [5.74, 6) is 1.16. The molecule has 0 amide bonds. The predicted octanol–water partition coefficient (Wildman–Crippen LogP) is 13.1. The molecule has 19 nitrogen and oxygen atoms in total. The van der Waals surface area contributed by atoms with Crippen LogP contribution in [0.2, 0.25) is 0 Å². The van der Waals surface area contributed by atoms with Gasteiger partial charge in [0, 0.05) is 66.3 Å². The van der Waals surface area contributed by atoms with Crippen molar-refractivity contribution < 1.29 is 53.0 Å². The number of ether oxygens (including phenoxy) is 7. The molecule has 0 unspecified atom stereocenters. The Hall–Kier alpha value is -3.66. The summed E-state index contributed by atoms with van der Waals surface area (Å²) in [5, 5.41) is 40.0. The van der Waals surface area contributed by atoms with Crippen LogP contribution in [-0.4, -0.2) is 169 Å². The molecule has 0 aromatic carbocycles. The first kappa shape index (κ1) is 74.1. The molecule has 14 rings (SSSR count). The lowest BCUT2D eigenvalue weighted by molar-refractivity contribution is -0.270. The van der Waals surface area contributed by atoms with Gasteiger partial charge in [0.15, 0.2) is 0 Å². The van der Waals surface area contributed by atoms with Gasteiger partial charge in [0.1, 0.15) is 25.3 Å². The van der Waals surface area contributed by atoms with Crippen molar-refractivity contribution in [1.29, 1.82) is 0 Å². The Morgan fingerprint density at radius 2 is 1.05 bits per heavy atom. The number of fused-ring (bicyclic) bond motifs is 6. The minimum Gasteiger partial charge on any atom is -0.481 e. The summed E-state index contributed by atoms with van der Waals surface area (Å²) in [6, 6.07) is 0.0282. The summed E-state index contributed by atoms with van der Waals surface area (Å²) in [6.07, 6.45) is 27.2. The minimum absolute atomic E-state index is 0.0158. The molecule has 5 N–H and O–H groups in total. The molecule has 22 atom stereocenters. The quantitative estimate of drug-likeness (QED) is 0.0983. The van der Waals surface area contributed by atoms with Gasteiger partial charge in [0.05, 0.1) is 75.8 Å². The van der Waals surface area contributed by atoms with E-state index in [1.54, 1.807) is 17.5 Å². The number of nitrogens with one attached hydrogen (secondary N) is 3. The van der Waals surface area contributed by atoms with Crippen molar-refractivity contribution in [3.8, 4) is 0 Å². The molecule has 550 valence electrons. The van der Waals surface area contributed by atoms with E-state index in [1.165, 1.54) is 12.7 Å². The second kappa shape index (κ2) is 27.1. The summed E-state index contributed by atoms with van der Waals surface area (Å²) in [6.45, 7) is 39.8. The predicted molar refractivity (Wildman–Crippen MR) is 377 cm³/mol. The van der Waals surface area contributed by atoms with Gasteiger partial charge in [0.2, 0.25) is 0 Å². The van der Waals surface area contributed by atoms with Gasteiger partial charge in [-0.05, 0) is 197 Å². The Morgan fingerprint density at radius 1 is 0.592 bits per heavy atom. The van der Waals surface area contributed by atoms with E-state index in [0.717, 1.165) is 136 Å². The highest BCUT2D eigenvalue weighted by Crippen LogP contribution is 2.78. The molecule has 2 aromatic rings. The number of rotatable bonds is 16. The average molecular weight is 1370 g/mol. The summed E-state index contributed by atoms with van der Waals surface area (Å²) in [7, 11) is 5.97. The van der Waals surface area contributed by atoms with Crippen LogP contribution in [-0.2, 0) is 42.7 Å².